The Hall–Kier alpha value is -2.08. The molecule has 1 spiro atoms. The molecule has 1 N–H and O–H groups in total. The molecule has 0 saturated heterocycles. The summed E-state index contributed by atoms with van der Waals surface area (Å²) in [4.78, 5) is 13.2. The van der Waals surface area contributed by atoms with Gasteiger partial charge in [-0.05, 0) is 43.4 Å². The molecule has 0 radical (unpaired) electrons. The zero-order valence-electron chi connectivity index (χ0n) is 16.4. The molecule has 27 heavy (non-hydrogen) atoms. The fourth-order valence-corrected chi connectivity index (χ4v) is 4.32. The highest BCUT2D eigenvalue weighted by Gasteiger charge is 2.49. The number of nitrogens with one attached hydrogen (secondary N) is 1. The summed E-state index contributed by atoms with van der Waals surface area (Å²) in [7, 11) is 3.10. The summed E-state index contributed by atoms with van der Waals surface area (Å²) in [6, 6.07) is 4.04. The number of aryl methyl sites for hydroxylation is 2. The van der Waals surface area contributed by atoms with Gasteiger partial charge >= 0.3 is 5.24 Å². The fraction of sp³-hybridized carbons (Fsp3) is 0.524. The van der Waals surface area contributed by atoms with E-state index >= 15 is 0 Å². The monoisotopic (exact) mass is 389 g/mol. The summed E-state index contributed by atoms with van der Waals surface area (Å²) in [5.74, 6) is 1.12. The van der Waals surface area contributed by atoms with Crippen molar-refractivity contribution in [1.82, 2.24) is 5.32 Å². The first-order valence-corrected chi connectivity index (χ1v) is 9.87. The number of amides is 1. The molecule has 3 rings (SSSR count). The highest BCUT2D eigenvalue weighted by atomic mass is 32.1. The second kappa shape index (κ2) is 7.89. The van der Waals surface area contributed by atoms with Crippen LogP contribution in [0.25, 0.3) is 5.57 Å². The minimum atomic E-state index is -0.520. The van der Waals surface area contributed by atoms with Crippen LogP contribution in [0.5, 0.6) is 5.75 Å². The minimum Gasteiger partial charge on any atom is -0.496 e. The standard InChI is InChI=1S/C21H27NO4S/c1-5-14-11-13(2)12-15(24-3)16(14)17-18(26-20(27)25-4)21(22-19(17)23)9-7-6-8-10-21/h11-12H,5-10H2,1-4H3,(H,22,23). The van der Waals surface area contributed by atoms with Crippen molar-refractivity contribution in [3.63, 3.8) is 0 Å². The summed E-state index contributed by atoms with van der Waals surface area (Å²) in [6.45, 7) is 4.09. The maximum Gasteiger partial charge on any atom is 0.357 e. The summed E-state index contributed by atoms with van der Waals surface area (Å²) in [6.07, 6.45) is 5.67. The average Bonchev–Trinajstić information content (AvgIpc) is 2.91. The van der Waals surface area contributed by atoms with Crippen LogP contribution in [0.15, 0.2) is 17.9 Å². The molecule has 0 unspecified atom stereocenters. The molecule has 6 heteroatoms. The van der Waals surface area contributed by atoms with Gasteiger partial charge in [0, 0.05) is 17.8 Å². The molecule has 5 nitrogen and oxygen atoms in total. The Morgan fingerprint density at radius 1 is 1.22 bits per heavy atom. The van der Waals surface area contributed by atoms with Crippen LogP contribution < -0.4 is 10.1 Å². The van der Waals surface area contributed by atoms with Crippen molar-refractivity contribution < 1.29 is 19.0 Å². The number of methoxy groups -OCH3 is 2. The molecule has 0 aromatic heterocycles. The number of ether oxygens (including phenoxy) is 3. The second-order valence-electron chi connectivity index (χ2n) is 7.21. The van der Waals surface area contributed by atoms with Crippen molar-refractivity contribution in [2.75, 3.05) is 14.2 Å². The van der Waals surface area contributed by atoms with Crippen molar-refractivity contribution in [1.29, 1.82) is 0 Å². The van der Waals surface area contributed by atoms with Crippen LogP contribution in [0.3, 0.4) is 0 Å². The van der Waals surface area contributed by atoms with Gasteiger partial charge in [-0.15, -0.1) is 0 Å². The van der Waals surface area contributed by atoms with Crippen LogP contribution in [0.2, 0.25) is 0 Å². The largest absolute Gasteiger partial charge is 0.496 e. The predicted octanol–water partition coefficient (Wildman–Crippen LogP) is 4.06. The third-order valence-corrected chi connectivity index (χ3v) is 5.73. The van der Waals surface area contributed by atoms with E-state index in [1.54, 1.807) is 7.11 Å². The topological polar surface area (TPSA) is 56.8 Å². The average molecular weight is 390 g/mol. The van der Waals surface area contributed by atoms with E-state index in [9.17, 15) is 4.79 Å². The summed E-state index contributed by atoms with van der Waals surface area (Å²) in [5, 5.41) is 3.23. The molecule has 1 amide bonds. The van der Waals surface area contributed by atoms with Crippen molar-refractivity contribution in [3.8, 4) is 5.75 Å². The van der Waals surface area contributed by atoms with Gasteiger partial charge in [0.05, 0.1) is 25.3 Å². The second-order valence-corrected chi connectivity index (χ2v) is 7.55. The Labute approximate surface area is 166 Å². The smallest absolute Gasteiger partial charge is 0.357 e. The lowest BCUT2D eigenvalue weighted by Gasteiger charge is -2.35. The van der Waals surface area contributed by atoms with Crippen molar-refractivity contribution in [2.24, 2.45) is 0 Å². The lowest BCUT2D eigenvalue weighted by Crippen LogP contribution is -2.46. The summed E-state index contributed by atoms with van der Waals surface area (Å²) < 4.78 is 16.7. The molecular weight excluding hydrogens is 362 g/mol. The third-order valence-electron chi connectivity index (χ3n) is 5.48. The number of benzene rings is 1. The predicted molar refractivity (Wildman–Crippen MR) is 109 cm³/mol. The van der Waals surface area contributed by atoms with Gasteiger partial charge in [-0.25, -0.2) is 0 Å². The molecule has 0 bridgehead atoms. The Balaban J connectivity index is 2.25. The molecule has 146 valence electrons. The first-order valence-electron chi connectivity index (χ1n) is 9.46. The summed E-state index contributed by atoms with van der Waals surface area (Å²) >= 11 is 5.18. The quantitative estimate of drug-likeness (QED) is 0.787. The van der Waals surface area contributed by atoms with Gasteiger partial charge in [-0.3, -0.25) is 4.79 Å². The zero-order chi connectivity index (χ0) is 19.6. The van der Waals surface area contributed by atoms with Gasteiger partial charge in [0.1, 0.15) is 11.5 Å². The Morgan fingerprint density at radius 3 is 2.52 bits per heavy atom. The van der Waals surface area contributed by atoms with E-state index in [1.807, 2.05) is 13.0 Å². The molecular formula is C21H27NO4S. The SMILES string of the molecule is CCc1cc(C)cc(OC)c1C1=C(OC(=S)OC)C2(CCCCC2)NC1=O. The maximum atomic E-state index is 13.2. The van der Waals surface area contributed by atoms with Crippen molar-refractivity contribution >= 4 is 28.9 Å². The van der Waals surface area contributed by atoms with Crippen LogP contribution in [0, 0.1) is 6.92 Å². The normalized spacial score (nSPS) is 18.4. The fourth-order valence-electron chi connectivity index (χ4n) is 4.24. The zero-order valence-corrected chi connectivity index (χ0v) is 17.3. The van der Waals surface area contributed by atoms with E-state index < -0.39 is 5.54 Å². The van der Waals surface area contributed by atoms with E-state index in [0.717, 1.165) is 55.2 Å². The first kappa shape index (κ1) is 19.7. The van der Waals surface area contributed by atoms with Gasteiger partial charge < -0.3 is 19.5 Å². The maximum absolute atomic E-state index is 13.2. The van der Waals surface area contributed by atoms with E-state index in [4.69, 9.17) is 26.4 Å². The number of rotatable bonds is 4. The van der Waals surface area contributed by atoms with Crippen molar-refractivity contribution in [3.05, 3.63) is 34.6 Å². The van der Waals surface area contributed by atoms with Crippen LogP contribution in [-0.4, -0.2) is 30.9 Å². The number of carbonyl (C=O) groups excluding carboxylic acids is 1. The van der Waals surface area contributed by atoms with Gasteiger partial charge in [-0.2, -0.15) is 0 Å². The highest BCUT2D eigenvalue weighted by Crippen LogP contribution is 2.46. The first-order chi connectivity index (χ1) is 13.0. The van der Waals surface area contributed by atoms with Gasteiger partial charge in [-0.1, -0.05) is 32.3 Å². The molecule has 1 saturated carbocycles. The van der Waals surface area contributed by atoms with Gasteiger partial charge in [0.25, 0.3) is 5.91 Å². The number of hydrogen-bond donors (Lipinski definition) is 1. The molecule has 1 heterocycles. The molecule has 1 aromatic rings. The molecule has 2 aliphatic rings. The Morgan fingerprint density at radius 2 is 1.93 bits per heavy atom. The van der Waals surface area contributed by atoms with Crippen LogP contribution in [0.4, 0.5) is 0 Å². The Bertz CT molecular complexity index is 768. The number of hydrogen-bond acceptors (Lipinski definition) is 5. The number of carbonyl (C=O) groups is 1. The highest BCUT2D eigenvalue weighted by molar-refractivity contribution is 7.79. The van der Waals surface area contributed by atoms with E-state index in [-0.39, 0.29) is 11.1 Å². The molecule has 1 aliphatic carbocycles. The van der Waals surface area contributed by atoms with Gasteiger partial charge in [0.15, 0.2) is 0 Å². The van der Waals surface area contributed by atoms with E-state index in [2.05, 4.69) is 18.3 Å². The van der Waals surface area contributed by atoms with Gasteiger partial charge in [0.2, 0.25) is 0 Å². The Kier molecular flexibility index (Phi) is 5.75. The van der Waals surface area contributed by atoms with Crippen LogP contribution in [-0.2, 0) is 20.7 Å². The van der Waals surface area contributed by atoms with Crippen LogP contribution >= 0.6 is 12.2 Å². The third kappa shape index (κ3) is 3.55. The lowest BCUT2D eigenvalue weighted by molar-refractivity contribution is -0.116. The number of thiocarbonyl (C=S) groups is 1. The molecule has 1 aromatic carbocycles. The summed E-state index contributed by atoms with van der Waals surface area (Å²) in [5.41, 5.74) is 2.93. The van der Waals surface area contributed by atoms with E-state index in [1.165, 1.54) is 7.11 Å². The molecule has 1 fully saturated rings. The minimum absolute atomic E-state index is 0.0214. The van der Waals surface area contributed by atoms with E-state index in [0.29, 0.717) is 17.1 Å². The van der Waals surface area contributed by atoms with Crippen molar-refractivity contribution in [2.45, 2.75) is 57.9 Å². The molecule has 0 atom stereocenters. The lowest BCUT2D eigenvalue weighted by atomic mass is 9.80. The van der Waals surface area contributed by atoms with Crippen LogP contribution in [0.1, 0.15) is 55.7 Å². The molecule has 1 aliphatic heterocycles.